The van der Waals surface area contributed by atoms with E-state index in [1.54, 1.807) is 6.08 Å². The highest BCUT2D eigenvalue weighted by atomic mass is 16.7. The Hall–Kier alpha value is -2.90. The van der Waals surface area contributed by atoms with Crippen molar-refractivity contribution in [2.45, 2.75) is 320 Å². The normalized spacial score (nSPS) is 19.5. The topological polar surface area (TPSA) is 175 Å². The molecule has 0 saturated carbocycles. The summed E-state index contributed by atoms with van der Waals surface area (Å²) >= 11 is 0. The highest BCUT2D eigenvalue weighted by molar-refractivity contribution is 5.80. The molecule has 0 bridgehead atoms. The molecular weight excluding hydrogens is 967 g/mol. The van der Waals surface area contributed by atoms with Gasteiger partial charge in [0.05, 0.1) is 25.4 Å². The average molecular weight is 1080 g/mol. The number of unbranched alkanes of at least 4 members (excludes halogenated alkanes) is 29. The van der Waals surface area contributed by atoms with E-state index in [2.05, 4.69) is 86.8 Å². The zero-order chi connectivity index (χ0) is 56.1. The second kappa shape index (κ2) is 53.7. The summed E-state index contributed by atoms with van der Waals surface area (Å²) in [6.07, 6.45) is 58.0. The number of ether oxygens (including phenoxy) is 3. The number of aliphatic hydroxyl groups excluding tert-OH is 5. The first-order valence-corrected chi connectivity index (χ1v) is 31.7. The van der Waals surface area contributed by atoms with Crippen LogP contribution in [0.25, 0.3) is 0 Å². The number of hydrogen-bond donors (Lipinski definition) is 6. The van der Waals surface area contributed by atoms with E-state index in [0.29, 0.717) is 12.8 Å². The number of carbonyl (C=O) groups is 2. The molecule has 11 nitrogen and oxygen atoms in total. The number of amides is 1. The van der Waals surface area contributed by atoms with Gasteiger partial charge in [0.2, 0.25) is 5.91 Å². The van der Waals surface area contributed by atoms with E-state index < -0.39 is 67.4 Å². The molecule has 0 aliphatic carbocycles. The van der Waals surface area contributed by atoms with Crippen LogP contribution in [0.3, 0.4) is 0 Å². The molecule has 1 heterocycles. The molecule has 0 spiro atoms. The monoisotopic (exact) mass is 1080 g/mol. The largest absolute Gasteiger partial charge is 0.454 e. The average Bonchev–Trinajstić information content (AvgIpc) is 3.43. The smallest absolute Gasteiger partial charge is 0.306 e. The van der Waals surface area contributed by atoms with E-state index in [1.165, 1.54) is 141 Å². The number of rotatable bonds is 53. The van der Waals surface area contributed by atoms with Crippen molar-refractivity contribution in [3.8, 4) is 0 Å². The van der Waals surface area contributed by atoms with Crippen molar-refractivity contribution in [2.24, 2.45) is 0 Å². The predicted molar refractivity (Wildman–Crippen MR) is 319 cm³/mol. The molecule has 8 unspecified atom stereocenters. The molecule has 446 valence electrons. The van der Waals surface area contributed by atoms with Gasteiger partial charge in [-0.15, -0.1) is 0 Å². The minimum atomic E-state index is -1.62. The lowest BCUT2D eigenvalue weighted by atomic mass is 9.99. The van der Waals surface area contributed by atoms with Gasteiger partial charge < -0.3 is 45.1 Å². The zero-order valence-corrected chi connectivity index (χ0v) is 49.3. The van der Waals surface area contributed by atoms with Crippen LogP contribution in [-0.2, 0) is 23.8 Å². The predicted octanol–water partition coefficient (Wildman–Crippen LogP) is 15.2. The maximum Gasteiger partial charge on any atom is 0.306 e. The summed E-state index contributed by atoms with van der Waals surface area (Å²) < 4.78 is 17.6. The van der Waals surface area contributed by atoms with Crippen LogP contribution in [0.1, 0.15) is 271 Å². The van der Waals surface area contributed by atoms with Gasteiger partial charge in [-0.1, -0.05) is 241 Å². The summed E-state index contributed by atoms with van der Waals surface area (Å²) in [4.78, 5) is 26.5. The second-order valence-electron chi connectivity index (χ2n) is 21.8. The molecule has 11 heteroatoms. The van der Waals surface area contributed by atoms with E-state index in [4.69, 9.17) is 14.2 Å². The van der Waals surface area contributed by atoms with Gasteiger partial charge in [-0.05, 0) is 96.3 Å². The number of hydrogen-bond acceptors (Lipinski definition) is 10. The lowest BCUT2D eigenvalue weighted by Gasteiger charge is -2.41. The number of aliphatic hydroxyl groups is 5. The quantitative estimate of drug-likeness (QED) is 0.0195. The van der Waals surface area contributed by atoms with Crippen molar-refractivity contribution in [1.29, 1.82) is 0 Å². The summed E-state index contributed by atoms with van der Waals surface area (Å²) in [6, 6.07) is -1.04. The second-order valence-corrected chi connectivity index (χ2v) is 21.8. The van der Waals surface area contributed by atoms with E-state index >= 15 is 0 Å². The van der Waals surface area contributed by atoms with Crippen LogP contribution >= 0.6 is 0 Å². The molecular formula is C66H117NO10. The van der Waals surface area contributed by atoms with Gasteiger partial charge in [0, 0.05) is 6.42 Å². The fraction of sp³-hybridized carbons (Fsp3) is 0.788. The Kier molecular flexibility index (Phi) is 50.3. The highest BCUT2D eigenvalue weighted by Gasteiger charge is 2.47. The lowest BCUT2D eigenvalue weighted by Crippen LogP contribution is -2.61. The van der Waals surface area contributed by atoms with Gasteiger partial charge in [-0.2, -0.15) is 0 Å². The molecule has 1 fully saturated rings. The molecule has 0 aromatic carbocycles. The van der Waals surface area contributed by atoms with Crippen LogP contribution in [0.5, 0.6) is 0 Å². The SMILES string of the molecule is CCCCC/C=C\C/C=C\C/C=C\C/C=C\CCCCC(O)C(=O)NC(COC1OC(CO)C(O)C(O)C1OC(=O)CCCCCCCCCCC/C=C/CCCCCCCC)C(O)/C=C/CCCCCCCCCCC. The number of esters is 1. The third kappa shape index (κ3) is 41.7. The molecule has 1 saturated heterocycles. The van der Waals surface area contributed by atoms with Crippen molar-refractivity contribution in [3.63, 3.8) is 0 Å². The maximum absolute atomic E-state index is 13.4. The van der Waals surface area contributed by atoms with Crippen molar-refractivity contribution in [3.05, 3.63) is 72.9 Å². The number of nitrogens with one attached hydrogen (secondary N) is 1. The van der Waals surface area contributed by atoms with E-state index in [-0.39, 0.29) is 19.4 Å². The van der Waals surface area contributed by atoms with Crippen LogP contribution in [0, 0.1) is 0 Å². The molecule has 77 heavy (non-hydrogen) atoms. The Morgan fingerprint density at radius 1 is 0.506 bits per heavy atom. The van der Waals surface area contributed by atoms with Crippen molar-refractivity contribution >= 4 is 11.9 Å². The van der Waals surface area contributed by atoms with Crippen molar-refractivity contribution in [2.75, 3.05) is 13.2 Å². The molecule has 1 aliphatic rings. The molecule has 6 N–H and O–H groups in total. The third-order valence-electron chi connectivity index (χ3n) is 14.6. The summed E-state index contributed by atoms with van der Waals surface area (Å²) in [6.45, 7) is 5.73. The zero-order valence-electron chi connectivity index (χ0n) is 49.3. The number of allylic oxidation sites excluding steroid dienone is 11. The molecule has 1 aliphatic heterocycles. The fourth-order valence-electron chi connectivity index (χ4n) is 9.51. The first-order chi connectivity index (χ1) is 37.7. The summed E-state index contributed by atoms with van der Waals surface area (Å²) in [5.41, 5.74) is 0. The van der Waals surface area contributed by atoms with Gasteiger partial charge in [0.25, 0.3) is 0 Å². The van der Waals surface area contributed by atoms with Gasteiger partial charge >= 0.3 is 5.97 Å². The molecule has 1 amide bonds. The van der Waals surface area contributed by atoms with Crippen LogP contribution in [0.4, 0.5) is 0 Å². The molecule has 0 aromatic rings. The van der Waals surface area contributed by atoms with E-state index in [0.717, 1.165) is 83.5 Å². The molecule has 0 aromatic heterocycles. The minimum absolute atomic E-state index is 0.116. The molecule has 1 rings (SSSR count). The Morgan fingerprint density at radius 3 is 1.38 bits per heavy atom. The Balaban J connectivity index is 2.68. The van der Waals surface area contributed by atoms with E-state index in [1.807, 2.05) is 6.08 Å². The Bertz CT molecular complexity index is 1530. The van der Waals surface area contributed by atoms with E-state index in [9.17, 15) is 35.1 Å². The van der Waals surface area contributed by atoms with Crippen LogP contribution in [0.2, 0.25) is 0 Å². The minimum Gasteiger partial charge on any atom is -0.454 e. The fourth-order valence-corrected chi connectivity index (χ4v) is 9.51. The summed E-state index contributed by atoms with van der Waals surface area (Å²) in [5, 5.41) is 56.9. The van der Waals surface area contributed by atoms with Crippen LogP contribution in [0.15, 0.2) is 72.9 Å². The summed E-state index contributed by atoms with van der Waals surface area (Å²) in [7, 11) is 0. The first kappa shape index (κ1) is 72.1. The van der Waals surface area contributed by atoms with Crippen LogP contribution < -0.4 is 5.32 Å². The standard InChI is InChI=1S/C66H117NO10/c1-4-7-10-13-16-19-22-24-26-28-30-32-34-36-39-42-45-48-51-54-61(71)77-64-63(73)62(72)60(55-68)76-66(64)75-56-57(58(69)52-49-46-43-40-37-21-18-15-12-9-6-3)67-65(74)59(70)53-50-47-44-41-38-35-33-31-29-27-25-23-20-17-14-11-8-5-2/h17,20,24-27,31,33,38,41,49,52,57-60,62-64,66,68-70,72-73H,4-16,18-19,21-23,28-30,32,34-37,39-40,42-48,50-51,53-56H2,1-3H3,(H,67,74)/b20-17-,26-24+,27-25-,33-31-,41-38-,52-49+. The maximum atomic E-state index is 13.4. The third-order valence-corrected chi connectivity index (χ3v) is 14.6. The van der Waals surface area contributed by atoms with Gasteiger partial charge in [-0.3, -0.25) is 9.59 Å². The van der Waals surface area contributed by atoms with Gasteiger partial charge in [0.15, 0.2) is 12.4 Å². The van der Waals surface area contributed by atoms with Gasteiger partial charge in [0.1, 0.15) is 24.4 Å². The van der Waals surface area contributed by atoms with Crippen LogP contribution in [-0.4, -0.2) is 99.6 Å². The molecule has 0 radical (unpaired) electrons. The highest BCUT2D eigenvalue weighted by Crippen LogP contribution is 2.26. The van der Waals surface area contributed by atoms with Crippen molar-refractivity contribution in [1.82, 2.24) is 5.32 Å². The molecule has 8 atom stereocenters. The Morgan fingerprint density at radius 2 is 0.896 bits per heavy atom. The summed E-state index contributed by atoms with van der Waals surface area (Å²) in [5.74, 6) is -1.23. The Labute approximate surface area is 471 Å². The van der Waals surface area contributed by atoms with Crippen molar-refractivity contribution < 1.29 is 49.3 Å². The van der Waals surface area contributed by atoms with Gasteiger partial charge in [-0.25, -0.2) is 0 Å². The lowest BCUT2D eigenvalue weighted by molar-refractivity contribution is -0.305. The number of carbonyl (C=O) groups excluding carboxylic acids is 2. The first-order valence-electron chi connectivity index (χ1n) is 31.7.